The third-order valence-electron chi connectivity index (χ3n) is 1.90. The molecule has 2 nitrogen and oxygen atoms in total. The van der Waals surface area contributed by atoms with Crippen LogP contribution in [0, 0.1) is 0 Å². The summed E-state index contributed by atoms with van der Waals surface area (Å²) in [6.07, 6.45) is 0. The predicted octanol–water partition coefficient (Wildman–Crippen LogP) is 0.847. The summed E-state index contributed by atoms with van der Waals surface area (Å²) in [5, 5.41) is 9.74. The van der Waals surface area contributed by atoms with Crippen LogP contribution in [0.3, 0.4) is 0 Å². The minimum atomic E-state index is -0.743. The van der Waals surface area contributed by atoms with E-state index in [4.69, 9.17) is 4.74 Å². The number of benzene rings is 1. The van der Waals surface area contributed by atoms with Crippen molar-refractivity contribution < 1.29 is 9.84 Å². The fraction of sp³-hybridized carbons (Fsp3) is 0.455. The van der Waals surface area contributed by atoms with E-state index in [1.165, 1.54) is 4.46 Å². The van der Waals surface area contributed by atoms with Crippen LogP contribution >= 0.6 is 0 Å². The molecule has 0 aromatic heterocycles. The Morgan fingerprint density at radius 2 is 1.86 bits per heavy atom. The van der Waals surface area contributed by atoms with Gasteiger partial charge < -0.3 is 0 Å². The summed E-state index contributed by atoms with van der Waals surface area (Å²) in [7, 11) is 1.72. The molecule has 0 amide bonds. The Kier molecular flexibility index (Phi) is 4.14. The maximum absolute atomic E-state index is 9.74. The van der Waals surface area contributed by atoms with E-state index < -0.39 is 5.60 Å². The van der Waals surface area contributed by atoms with Gasteiger partial charge in [-0.1, -0.05) is 0 Å². The third kappa shape index (κ3) is 3.43. The van der Waals surface area contributed by atoms with Gasteiger partial charge in [-0.25, -0.2) is 0 Å². The molecule has 0 radical (unpaired) electrons. The van der Waals surface area contributed by atoms with Crippen LogP contribution in [0.25, 0.3) is 0 Å². The van der Waals surface area contributed by atoms with Gasteiger partial charge in [0.1, 0.15) is 0 Å². The zero-order valence-electron chi connectivity index (χ0n) is 8.78. The van der Waals surface area contributed by atoms with Crippen molar-refractivity contribution in [2.24, 2.45) is 0 Å². The van der Waals surface area contributed by atoms with E-state index in [0.29, 0.717) is 15.0 Å². The number of methoxy groups -OCH3 is 1. The summed E-state index contributed by atoms with van der Waals surface area (Å²) in [4.78, 5) is 0. The van der Waals surface area contributed by atoms with Gasteiger partial charge in [-0.15, -0.1) is 0 Å². The number of aliphatic hydroxyl groups is 1. The molecule has 78 valence electrons. The first-order valence-corrected chi connectivity index (χ1v) is 6.55. The summed E-state index contributed by atoms with van der Waals surface area (Å²) in [5.41, 5.74) is 1.01. The summed E-state index contributed by atoms with van der Waals surface area (Å²) in [6.45, 7) is 3.59. The fourth-order valence-corrected chi connectivity index (χ4v) is 2.31. The Bertz CT molecular complexity index is 274. The Hall–Kier alpha value is -0.341. The van der Waals surface area contributed by atoms with Crippen molar-refractivity contribution in [2.75, 3.05) is 12.6 Å². The fourth-order valence-electron chi connectivity index (χ4n) is 1.09. The van der Waals surface area contributed by atoms with Crippen molar-refractivity contribution in [1.29, 1.82) is 0 Å². The normalized spacial score (nSPS) is 11.7. The molecule has 1 aromatic rings. The summed E-state index contributed by atoms with van der Waals surface area (Å²) in [6, 6.07) is 8.08. The number of ether oxygens (including phenoxy) is 1. The van der Waals surface area contributed by atoms with Crippen molar-refractivity contribution in [1.82, 2.24) is 0 Å². The molecular weight excluding hydrogens is 243 g/mol. The summed E-state index contributed by atoms with van der Waals surface area (Å²) in [5.74, 6) is 0. The van der Waals surface area contributed by atoms with Crippen LogP contribution in [0.1, 0.15) is 19.4 Å². The standard InChI is InChI=1S/C11H16O2Se/c1-11(2,12)9-4-6-10(7-5-9)14-8-13-3/h4-7,12H,8H2,1-3H3. The van der Waals surface area contributed by atoms with Gasteiger partial charge in [0.2, 0.25) is 0 Å². The van der Waals surface area contributed by atoms with E-state index in [2.05, 4.69) is 12.1 Å². The van der Waals surface area contributed by atoms with Crippen LogP contribution in [0.4, 0.5) is 0 Å². The van der Waals surface area contributed by atoms with Gasteiger partial charge in [-0.3, -0.25) is 0 Å². The predicted molar refractivity (Wildman–Crippen MR) is 59.0 cm³/mol. The van der Waals surface area contributed by atoms with E-state index in [1.807, 2.05) is 12.1 Å². The van der Waals surface area contributed by atoms with Crippen LogP contribution in [-0.2, 0) is 10.3 Å². The van der Waals surface area contributed by atoms with Gasteiger partial charge in [0.15, 0.2) is 0 Å². The van der Waals surface area contributed by atoms with Crippen molar-refractivity contribution in [2.45, 2.75) is 19.4 Å². The second-order valence-corrected chi connectivity index (χ2v) is 5.72. The SMILES string of the molecule is COC[Se]c1ccc(C(C)(C)O)cc1. The summed E-state index contributed by atoms with van der Waals surface area (Å²) >= 11 is 0.382. The molecule has 0 spiro atoms. The first kappa shape index (κ1) is 11.7. The zero-order chi connectivity index (χ0) is 10.6. The topological polar surface area (TPSA) is 29.5 Å². The van der Waals surface area contributed by atoms with Gasteiger partial charge in [0.05, 0.1) is 0 Å². The average molecular weight is 259 g/mol. The first-order valence-electron chi connectivity index (χ1n) is 4.48. The molecule has 0 heterocycles. The zero-order valence-corrected chi connectivity index (χ0v) is 10.5. The number of hydrogen-bond acceptors (Lipinski definition) is 2. The second-order valence-electron chi connectivity index (χ2n) is 3.63. The Morgan fingerprint density at radius 1 is 1.29 bits per heavy atom. The summed E-state index contributed by atoms with van der Waals surface area (Å²) < 4.78 is 6.32. The van der Waals surface area contributed by atoms with Gasteiger partial charge in [0.25, 0.3) is 0 Å². The monoisotopic (exact) mass is 260 g/mol. The number of hydrogen-bond donors (Lipinski definition) is 1. The molecule has 0 unspecified atom stereocenters. The van der Waals surface area contributed by atoms with Crippen LogP contribution < -0.4 is 4.46 Å². The Balaban J connectivity index is 2.69. The van der Waals surface area contributed by atoms with Crippen LogP contribution in [0.5, 0.6) is 0 Å². The average Bonchev–Trinajstić information content (AvgIpc) is 2.14. The van der Waals surface area contributed by atoms with Gasteiger partial charge in [-0.2, -0.15) is 0 Å². The van der Waals surface area contributed by atoms with Crippen molar-refractivity contribution in [3.05, 3.63) is 29.8 Å². The molecule has 0 saturated heterocycles. The third-order valence-corrected chi connectivity index (χ3v) is 3.92. The molecule has 0 fully saturated rings. The van der Waals surface area contributed by atoms with E-state index in [-0.39, 0.29) is 0 Å². The molecule has 0 aliphatic heterocycles. The van der Waals surface area contributed by atoms with Crippen LogP contribution in [0.15, 0.2) is 24.3 Å². The molecule has 3 heteroatoms. The quantitative estimate of drug-likeness (QED) is 0.812. The minimum absolute atomic E-state index is 0.382. The molecule has 0 bridgehead atoms. The first-order chi connectivity index (χ1) is 6.54. The van der Waals surface area contributed by atoms with Crippen molar-refractivity contribution >= 4 is 19.4 Å². The molecule has 0 atom stereocenters. The molecule has 14 heavy (non-hydrogen) atoms. The molecular formula is C11H16O2Se. The molecule has 0 aliphatic carbocycles. The van der Waals surface area contributed by atoms with Crippen LogP contribution in [0.2, 0.25) is 0 Å². The maximum atomic E-state index is 9.74. The Labute approximate surface area is 91.4 Å². The van der Waals surface area contributed by atoms with E-state index in [9.17, 15) is 5.11 Å². The van der Waals surface area contributed by atoms with Gasteiger partial charge in [0, 0.05) is 0 Å². The number of rotatable bonds is 4. The van der Waals surface area contributed by atoms with E-state index in [1.54, 1.807) is 21.0 Å². The van der Waals surface area contributed by atoms with Crippen molar-refractivity contribution in [3.8, 4) is 0 Å². The van der Waals surface area contributed by atoms with Gasteiger partial charge in [-0.05, 0) is 0 Å². The van der Waals surface area contributed by atoms with Crippen LogP contribution in [-0.4, -0.2) is 32.7 Å². The van der Waals surface area contributed by atoms with Gasteiger partial charge >= 0.3 is 91.2 Å². The molecule has 1 rings (SSSR count). The Morgan fingerprint density at radius 3 is 2.29 bits per heavy atom. The van der Waals surface area contributed by atoms with E-state index >= 15 is 0 Å². The molecule has 1 N–H and O–H groups in total. The second kappa shape index (κ2) is 4.94. The molecule has 0 aliphatic rings. The van der Waals surface area contributed by atoms with E-state index in [0.717, 1.165) is 11.1 Å². The molecule has 1 aromatic carbocycles. The van der Waals surface area contributed by atoms with Crippen molar-refractivity contribution in [3.63, 3.8) is 0 Å². The molecule has 0 saturated carbocycles.